The van der Waals surface area contributed by atoms with E-state index >= 15 is 0 Å². The van der Waals surface area contributed by atoms with Gasteiger partial charge in [-0.05, 0) is 25.2 Å². The van der Waals surface area contributed by atoms with Crippen LogP contribution in [0.15, 0.2) is 0 Å². The van der Waals surface area contributed by atoms with Crippen LogP contribution < -0.4 is 5.32 Å². The van der Waals surface area contributed by atoms with Crippen molar-refractivity contribution in [1.29, 1.82) is 0 Å². The molecule has 0 rings (SSSR count). The molecule has 1 N–H and O–H groups in total. The van der Waals surface area contributed by atoms with E-state index in [2.05, 4.69) is 39.9 Å². The van der Waals surface area contributed by atoms with Crippen LogP contribution in [-0.4, -0.2) is 25.2 Å². The third-order valence-corrected chi connectivity index (χ3v) is 2.32. The molecular weight excluding hydrogens is 190 g/mol. The third kappa shape index (κ3) is 9.73. The van der Waals surface area contributed by atoms with E-state index in [1.165, 1.54) is 0 Å². The van der Waals surface area contributed by atoms with E-state index in [4.69, 9.17) is 4.74 Å². The molecule has 0 aliphatic heterocycles. The highest BCUT2D eigenvalue weighted by Gasteiger charge is 2.11. The molecule has 0 heterocycles. The fourth-order valence-electron chi connectivity index (χ4n) is 0.924. The van der Waals surface area contributed by atoms with Gasteiger partial charge in [0.2, 0.25) is 0 Å². The van der Waals surface area contributed by atoms with Crippen molar-refractivity contribution in [2.45, 2.75) is 53.5 Å². The molecule has 0 aromatic rings. The molecule has 1 unspecified atom stereocenters. The van der Waals surface area contributed by atoms with E-state index in [9.17, 15) is 4.79 Å². The highest BCUT2D eigenvalue weighted by molar-refractivity contribution is 5.71. The first kappa shape index (κ1) is 14.4. The highest BCUT2D eigenvalue weighted by Crippen LogP contribution is 2.17. The summed E-state index contributed by atoms with van der Waals surface area (Å²) in [5.74, 6) is -0.153. The summed E-state index contributed by atoms with van der Waals surface area (Å²) in [4.78, 5) is 11.3. The van der Waals surface area contributed by atoms with Crippen LogP contribution in [0.1, 0.15) is 47.5 Å². The minimum Gasteiger partial charge on any atom is -0.465 e. The number of carbonyl (C=O) groups excluding carboxylic acids is 1. The number of rotatable bonds is 6. The van der Waals surface area contributed by atoms with E-state index in [0.717, 1.165) is 12.8 Å². The lowest BCUT2D eigenvalue weighted by Crippen LogP contribution is -2.32. The van der Waals surface area contributed by atoms with E-state index < -0.39 is 0 Å². The summed E-state index contributed by atoms with van der Waals surface area (Å²) in [6, 6.07) is 0.375. The van der Waals surface area contributed by atoms with Crippen molar-refractivity contribution < 1.29 is 9.53 Å². The first-order valence-electron chi connectivity index (χ1n) is 5.74. The maximum atomic E-state index is 11.3. The van der Waals surface area contributed by atoms with Crippen molar-refractivity contribution in [1.82, 2.24) is 5.32 Å². The monoisotopic (exact) mass is 215 g/mol. The topological polar surface area (TPSA) is 38.3 Å². The van der Waals surface area contributed by atoms with Gasteiger partial charge < -0.3 is 10.1 Å². The molecule has 0 aliphatic rings. The minimum atomic E-state index is -0.153. The molecule has 0 bridgehead atoms. The molecule has 0 aromatic carbocycles. The van der Waals surface area contributed by atoms with E-state index in [1.54, 1.807) is 0 Å². The van der Waals surface area contributed by atoms with Gasteiger partial charge in [-0.2, -0.15) is 0 Å². The summed E-state index contributed by atoms with van der Waals surface area (Å²) >= 11 is 0. The Hall–Kier alpha value is -0.570. The minimum absolute atomic E-state index is 0.153. The van der Waals surface area contributed by atoms with Crippen LogP contribution in [0.5, 0.6) is 0 Å². The van der Waals surface area contributed by atoms with Gasteiger partial charge in [0.25, 0.3) is 0 Å². The summed E-state index contributed by atoms with van der Waals surface area (Å²) in [6.45, 7) is 11.4. The average molecular weight is 215 g/mol. The SMILES string of the molecule is CCC(C)NCC(=O)OCCC(C)(C)C. The van der Waals surface area contributed by atoms with Crippen LogP contribution in [0.25, 0.3) is 0 Å². The van der Waals surface area contributed by atoms with E-state index in [0.29, 0.717) is 19.2 Å². The van der Waals surface area contributed by atoms with Crippen molar-refractivity contribution in [3.05, 3.63) is 0 Å². The average Bonchev–Trinajstić information content (AvgIpc) is 2.12. The molecule has 3 heteroatoms. The number of carbonyl (C=O) groups is 1. The maximum Gasteiger partial charge on any atom is 0.319 e. The summed E-state index contributed by atoms with van der Waals surface area (Å²) < 4.78 is 5.11. The number of nitrogens with one attached hydrogen (secondary N) is 1. The van der Waals surface area contributed by atoms with Gasteiger partial charge in [0.1, 0.15) is 0 Å². The predicted molar refractivity (Wildman–Crippen MR) is 62.8 cm³/mol. The Balaban J connectivity index is 3.50. The maximum absolute atomic E-state index is 11.3. The zero-order chi connectivity index (χ0) is 11.9. The van der Waals surface area contributed by atoms with Crippen molar-refractivity contribution >= 4 is 5.97 Å². The van der Waals surface area contributed by atoms with Gasteiger partial charge in [0, 0.05) is 6.04 Å². The lowest BCUT2D eigenvalue weighted by Gasteiger charge is -2.17. The molecule has 1 atom stereocenters. The summed E-state index contributed by atoms with van der Waals surface area (Å²) in [7, 11) is 0. The number of hydrogen-bond acceptors (Lipinski definition) is 3. The Labute approximate surface area is 93.6 Å². The second-order valence-electron chi connectivity index (χ2n) is 5.22. The van der Waals surface area contributed by atoms with Gasteiger partial charge in [-0.25, -0.2) is 0 Å². The van der Waals surface area contributed by atoms with Gasteiger partial charge in [-0.15, -0.1) is 0 Å². The first-order chi connectivity index (χ1) is 6.85. The van der Waals surface area contributed by atoms with Gasteiger partial charge >= 0.3 is 5.97 Å². The van der Waals surface area contributed by atoms with Gasteiger partial charge in [0.05, 0.1) is 13.2 Å². The van der Waals surface area contributed by atoms with Crippen LogP contribution in [0.4, 0.5) is 0 Å². The lowest BCUT2D eigenvalue weighted by atomic mass is 9.93. The molecule has 0 radical (unpaired) electrons. The zero-order valence-electron chi connectivity index (χ0n) is 10.7. The Morgan fingerprint density at radius 1 is 1.40 bits per heavy atom. The Kier molecular flexibility index (Phi) is 6.57. The van der Waals surface area contributed by atoms with E-state index in [-0.39, 0.29) is 11.4 Å². The Morgan fingerprint density at radius 3 is 2.47 bits per heavy atom. The summed E-state index contributed by atoms with van der Waals surface area (Å²) in [5, 5.41) is 3.11. The summed E-state index contributed by atoms with van der Waals surface area (Å²) in [5.41, 5.74) is 0.227. The predicted octanol–water partition coefficient (Wildman–Crippen LogP) is 2.35. The third-order valence-electron chi connectivity index (χ3n) is 2.32. The van der Waals surface area contributed by atoms with Crippen molar-refractivity contribution in [3.8, 4) is 0 Å². The van der Waals surface area contributed by atoms with Crippen molar-refractivity contribution in [2.75, 3.05) is 13.2 Å². The van der Waals surface area contributed by atoms with E-state index in [1.807, 2.05) is 0 Å². The molecule has 0 fully saturated rings. The molecule has 0 spiro atoms. The van der Waals surface area contributed by atoms with Crippen molar-refractivity contribution in [2.24, 2.45) is 5.41 Å². The van der Waals surface area contributed by atoms with Crippen LogP contribution in [0, 0.1) is 5.41 Å². The van der Waals surface area contributed by atoms with Crippen LogP contribution >= 0.6 is 0 Å². The molecule has 0 saturated heterocycles. The standard InChI is InChI=1S/C12H25NO2/c1-6-10(2)13-9-11(14)15-8-7-12(3,4)5/h10,13H,6-9H2,1-5H3. The number of esters is 1. The van der Waals surface area contributed by atoms with Crippen molar-refractivity contribution in [3.63, 3.8) is 0 Å². The fraction of sp³-hybridized carbons (Fsp3) is 0.917. The molecule has 0 amide bonds. The fourth-order valence-corrected chi connectivity index (χ4v) is 0.924. The van der Waals surface area contributed by atoms with Crippen LogP contribution in [-0.2, 0) is 9.53 Å². The first-order valence-corrected chi connectivity index (χ1v) is 5.74. The Morgan fingerprint density at radius 2 is 2.00 bits per heavy atom. The molecule has 0 saturated carbocycles. The van der Waals surface area contributed by atoms with Crippen LogP contribution in [0.3, 0.4) is 0 Å². The smallest absolute Gasteiger partial charge is 0.319 e. The normalized spacial score (nSPS) is 13.7. The zero-order valence-corrected chi connectivity index (χ0v) is 10.7. The summed E-state index contributed by atoms with van der Waals surface area (Å²) in [6.07, 6.45) is 1.93. The second-order valence-corrected chi connectivity index (χ2v) is 5.22. The molecular formula is C12H25NO2. The lowest BCUT2D eigenvalue weighted by molar-refractivity contribution is -0.143. The molecule has 3 nitrogen and oxygen atoms in total. The number of ether oxygens (including phenoxy) is 1. The van der Waals surface area contributed by atoms with Crippen LogP contribution in [0.2, 0.25) is 0 Å². The molecule has 15 heavy (non-hydrogen) atoms. The van der Waals surface area contributed by atoms with Gasteiger partial charge in [0.15, 0.2) is 0 Å². The molecule has 90 valence electrons. The van der Waals surface area contributed by atoms with Gasteiger partial charge in [-0.3, -0.25) is 4.79 Å². The molecule has 0 aliphatic carbocycles. The largest absolute Gasteiger partial charge is 0.465 e. The second kappa shape index (κ2) is 6.83. The molecule has 0 aromatic heterocycles. The quantitative estimate of drug-likeness (QED) is 0.691. The van der Waals surface area contributed by atoms with Gasteiger partial charge in [-0.1, -0.05) is 27.7 Å². The number of hydrogen-bond donors (Lipinski definition) is 1. The Bertz CT molecular complexity index is 185. The highest BCUT2D eigenvalue weighted by atomic mass is 16.5.